The Morgan fingerprint density at radius 3 is 2.86 bits per heavy atom. The number of hydrogen-bond donors (Lipinski definition) is 2. The van der Waals surface area contributed by atoms with Gasteiger partial charge in [-0.1, -0.05) is 24.6 Å². The monoisotopic (exact) mass is 287 g/mol. The molecular formula is C17H25N3O. The predicted octanol–water partition coefficient (Wildman–Crippen LogP) is 1.89. The summed E-state index contributed by atoms with van der Waals surface area (Å²) in [5.41, 5.74) is 7.24. The van der Waals surface area contributed by atoms with Gasteiger partial charge in [0.1, 0.15) is 0 Å². The molecule has 1 amide bonds. The molecule has 0 spiro atoms. The van der Waals surface area contributed by atoms with Gasteiger partial charge in [0.05, 0.1) is 0 Å². The van der Waals surface area contributed by atoms with Crippen LogP contribution >= 0.6 is 0 Å². The highest BCUT2D eigenvalue weighted by molar-refractivity contribution is 5.94. The van der Waals surface area contributed by atoms with Crippen molar-refractivity contribution in [3.63, 3.8) is 0 Å². The van der Waals surface area contributed by atoms with Crippen LogP contribution in [0.4, 0.5) is 0 Å². The Bertz CT molecular complexity index is 497. The number of primary amides is 1. The SMILES string of the molecule is NC(=O)c1ccccc1CN1CCCCC1C1CCCN1. The first kappa shape index (κ1) is 14.5. The summed E-state index contributed by atoms with van der Waals surface area (Å²) in [6, 6.07) is 8.97. The summed E-state index contributed by atoms with van der Waals surface area (Å²) in [4.78, 5) is 14.1. The first-order valence-electron chi connectivity index (χ1n) is 8.11. The first-order valence-corrected chi connectivity index (χ1v) is 8.11. The average Bonchev–Trinajstić information content (AvgIpc) is 3.02. The lowest BCUT2D eigenvalue weighted by atomic mass is 9.93. The van der Waals surface area contributed by atoms with Gasteiger partial charge in [0, 0.05) is 24.2 Å². The topological polar surface area (TPSA) is 58.4 Å². The minimum atomic E-state index is -0.321. The number of amides is 1. The fourth-order valence-electron chi connectivity index (χ4n) is 3.83. The van der Waals surface area contributed by atoms with Crippen molar-refractivity contribution >= 4 is 5.91 Å². The number of nitrogens with two attached hydrogens (primary N) is 1. The maximum Gasteiger partial charge on any atom is 0.249 e. The van der Waals surface area contributed by atoms with Gasteiger partial charge in [0.2, 0.25) is 5.91 Å². The van der Waals surface area contributed by atoms with Crippen LogP contribution in [-0.4, -0.2) is 36.0 Å². The lowest BCUT2D eigenvalue weighted by Crippen LogP contribution is -2.49. The van der Waals surface area contributed by atoms with E-state index >= 15 is 0 Å². The minimum absolute atomic E-state index is 0.321. The third-order valence-corrected chi connectivity index (χ3v) is 4.88. The smallest absolute Gasteiger partial charge is 0.249 e. The lowest BCUT2D eigenvalue weighted by molar-refractivity contribution is 0.0986. The molecule has 21 heavy (non-hydrogen) atoms. The van der Waals surface area contributed by atoms with E-state index in [0.29, 0.717) is 17.6 Å². The fraction of sp³-hybridized carbons (Fsp3) is 0.588. The average molecular weight is 287 g/mol. The van der Waals surface area contributed by atoms with E-state index in [0.717, 1.165) is 25.2 Å². The molecule has 3 N–H and O–H groups in total. The molecule has 4 nitrogen and oxygen atoms in total. The van der Waals surface area contributed by atoms with Crippen molar-refractivity contribution in [2.45, 2.75) is 50.7 Å². The molecule has 0 saturated carbocycles. The molecule has 0 bridgehead atoms. The van der Waals surface area contributed by atoms with Gasteiger partial charge in [-0.25, -0.2) is 0 Å². The van der Waals surface area contributed by atoms with E-state index in [1.54, 1.807) is 0 Å². The van der Waals surface area contributed by atoms with Crippen molar-refractivity contribution in [3.05, 3.63) is 35.4 Å². The van der Waals surface area contributed by atoms with E-state index in [1.165, 1.54) is 32.1 Å². The summed E-state index contributed by atoms with van der Waals surface area (Å²) in [5.74, 6) is -0.321. The zero-order valence-corrected chi connectivity index (χ0v) is 12.6. The molecule has 2 aliphatic rings. The zero-order chi connectivity index (χ0) is 14.7. The molecule has 2 unspecified atom stereocenters. The number of carbonyl (C=O) groups is 1. The summed E-state index contributed by atoms with van der Waals surface area (Å²) < 4.78 is 0. The van der Waals surface area contributed by atoms with Crippen LogP contribution in [0.15, 0.2) is 24.3 Å². The van der Waals surface area contributed by atoms with Crippen LogP contribution in [0.3, 0.4) is 0 Å². The molecule has 2 fully saturated rings. The summed E-state index contributed by atoms with van der Waals surface area (Å²) in [7, 11) is 0. The van der Waals surface area contributed by atoms with E-state index in [-0.39, 0.29) is 5.91 Å². The molecule has 0 aliphatic carbocycles. The van der Waals surface area contributed by atoms with Gasteiger partial charge < -0.3 is 11.1 Å². The van der Waals surface area contributed by atoms with Gasteiger partial charge in [-0.05, 0) is 50.4 Å². The summed E-state index contributed by atoms with van der Waals surface area (Å²) in [6.45, 7) is 3.10. The second kappa shape index (κ2) is 6.58. The number of likely N-dealkylation sites (tertiary alicyclic amines) is 1. The van der Waals surface area contributed by atoms with Crippen LogP contribution in [0.25, 0.3) is 0 Å². The molecule has 2 saturated heterocycles. The second-order valence-electron chi connectivity index (χ2n) is 6.26. The molecule has 1 aromatic carbocycles. The third-order valence-electron chi connectivity index (χ3n) is 4.88. The van der Waals surface area contributed by atoms with Gasteiger partial charge in [-0.15, -0.1) is 0 Å². The minimum Gasteiger partial charge on any atom is -0.366 e. The van der Waals surface area contributed by atoms with Crippen LogP contribution in [-0.2, 0) is 6.54 Å². The van der Waals surface area contributed by atoms with Crippen molar-refractivity contribution in [3.8, 4) is 0 Å². The van der Waals surface area contributed by atoms with Crippen molar-refractivity contribution < 1.29 is 4.79 Å². The quantitative estimate of drug-likeness (QED) is 0.889. The van der Waals surface area contributed by atoms with Gasteiger partial charge in [-0.3, -0.25) is 9.69 Å². The maximum absolute atomic E-state index is 11.6. The Kier molecular flexibility index (Phi) is 4.56. The lowest BCUT2D eigenvalue weighted by Gasteiger charge is -2.39. The Balaban J connectivity index is 1.76. The third kappa shape index (κ3) is 3.27. The highest BCUT2D eigenvalue weighted by Gasteiger charge is 2.31. The molecule has 2 heterocycles. The van der Waals surface area contributed by atoms with Crippen LogP contribution in [0.1, 0.15) is 48.0 Å². The van der Waals surface area contributed by atoms with Crippen LogP contribution in [0.5, 0.6) is 0 Å². The molecule has 0 radical (unpaired) electrons. The molecule has 2 aliphatic heterocycles. The molecular weight excluding hydrogens is 262 g/mol. The predicted molar refractivity (Wildman–Crippen MR) is 84.0 cm³/mol. The standard InChI is InChI=1S/C17H25N3O/c18-17(21)14-7-2-1-6-13(14)12-20-11-4-3-9-16(20)15-8-5-10-19-15/h1-2,6-7,15-16,19H,3-5,8-12H2,(H2,18,21). The normalized spacial score (nSPS) is 26.9. The largest absolute Gasteiger partial charge is 0.366 e. The van der Waals surface area contributed by atoms with Gasteiger partial charge in [0.25, 0.3) is 0 Å². The molecule has 0 aromatic heterocycles. The van der Waals surface area contributed by atoms with Gasteiger partial charge in [0.15, 0.2) is 0 Å². The van der Waals surface area contributed by atoms with Gasteiger partial charge >= 0.3 is 0 Å². The Morgan fingerprint density at radius 2 is 2.10 bits per heavy atom. The van der Waals surface area contributed by atoms with Crippen molar-refractivity contribution in [1.29, 1.82) is 0 Å². The van der Waals surface area contributed by atoms with E-state index in [2.05, 4.69) is 10.2 Å². The number of nitrogens with one attached hydrogen (secondary N) is 1. The summed E-state index contributed by atoms with van der Waals surface area (Å²) >= 11 is 0. The zero-order valence-electron chi connectivity index (χ0n) is 12.6. The fourth-order valence-corrected chi connectivity index (χ4v) is 3.83. The molecule has 4 heteroatoms. The van der Waals surface area contributed by atoms with E-state index in [9.17, 15) is 4.79 Å². The maximum atomic E-state index is 11.6. The molecule has 114 valence electrons. The Labute approximate surface area is 126 Å². The van der Waals surface area contributed by atoms with Crippen molar-refractivity contribution in [2.24, 2.45) is 5.73 Å². The number of hydrogen-bond acceptors (Lipinski definition) is 3. The Morgan fingerprint density at radius 1 is 1.24 bits per heavy atom. The van der Waals surface area contributed by atoms with E-state index < -0.39 is 0 Å². The van der Waals surface area contributed by atoms with E-state index in [4.69, 9.17) is 5.73 Å². The number of benzene rings is 1. The Hall–Kier alpha value is -1.39. The second-order valence-corrected chi connectivity index (χ2v) is 6.26. The van der Waals surface area contributed by atoms with Crippen LogP contribution in [0, 0.1) is 0 Å². The van der Waals surface area contributed by atoms with Crippen molar-refractivity contribution in [1.82, 2.24) is 10.2 Å². The number of nitrogens with zero attached hydrogens (tertiary/aromatic N) is 1. The molecule has 2 atom stereocenters. The number of piperidine rings is 1. The van der Waals surface area contributed by atoms with Gasteiger partial charge in [-0.2, -0.15) is 0 Å². The van der Waals surface area contributed by atoms with E-state index in [1.807, 2.05) is 24.3 Å². The highest BCUT2D eigenvalue weighted by atomic mass is 16.1. The van der Waals surface area contributed by atoms with Crippen LogP contribution in [0.2, 0.25) is 0 Å². The first-order chi connectivity index (χ1) is 10.3. The number of carbonyl (C=O) groups excluding carboxylic acids is 1. The highest BCUT2D eigenvalue weighted by Crippen LogP contribution is 2.26. The van der Waals surface area contributed by atoms with Crippen LogP contribution < -0.4 is 11.1 Å². The summed E-state index contributed by atoms with van der Waals surface area (Å²) in [6.07, 6.45) is 6.39. The molecule has 3 rings (SSSR count). The molecule has 1 aromatic rings. The summed E-state index contributed by atoms with van der Waals surface area (Å²) in [5, 5.41) is 3.65. The number of rotatable bonds is 4. The van der Waals surface area contributed by atoms with Crippen molar-refractivity contribution in [2.75, 3.05) is 13.1 Å².